The quantitative estimate of drug-likeness (QED) is 0.413. The molecule has 4 rings (SSSR count). The van der Waals surface area contributed by atoms with Crippen LogP contribution in [0.2, 0.25) is 0 Å². The minimum atomic E-state index is -4.64. The van der Waals surface area contributed by atoms with Crippen LogP contribution < -0.4 is 10.6 Å². The van der Waals surface area contributed by atoms with E-state index in [2.05, 4.69) is 45.4 Å². The summed E-state index contributed by atoms with van der Waals surface area (Å²) in [5.41, 5.74) is 0.621. The molecular formula is C29H37F3N6O. The molecule has 4 heterocycles. The first-order valence-corrected chi connectivity index (χ1v) is 13.2. The number of pyridine rings is 1. The summed E-state index contributed by atoms with van der Waals surface area (Å²) in [5, 5.41) is 10.6. The molecule has 39 heavy (non-hydrogen) atoms. The molecule has 0 saturated carbocycles. The minimum absolute atomic E-state index is 0.120. The maximum absolute atomic E-state index is 13.7. The van der Waals surface area contributed by atoms with Crippen LogP contribution in [0.4, 0.5) is 13.2 Å². The fourth-order valence-corrected chi connectivity index (χ4v) is 5.21. The normalized spacial score (nSPS) is 20.6. The zero-order chi connectivity index (χ0) is 28.6. The van der Waals surface area contributed by atoms with Crippen molar-refractivity contribution in [2.45, 2.75) is 63.7 Å². The number of aryl methyl sites for hydroxylation is 1. The van der Waals surface area contributed by atoms with E-state index in [1.54, 1.807) is 16.9 Å². The van der Waals surface area contributed by atoms with Crippen molar-refractivity contribution in [1.82, 2.24) is 30.3 Å². The molecule has 10 heteroatoms. The number of carbonyl (C=O) groups excluding carboxylic acids is 1. The van der Waals surface area contributed by atoms with Crippen LogP contribution in [0.25, 0.3) is 17.3 Å². The molecule has 2 aromatic heterocycles. The second-order valence-corrected chi connectivity index (χ2v) is 11.5. The molecule has 2 fully saturated rings. The summed E-state index contributed by atoms with van der Waals surface area (Å²) < 4.78 is 42.9. The molecular weight excluding hydrogens is 505 g/mol. The van der Waals surface area contributed by atoms with Crippen molar-refractivity contribution >= 4 is 23.3 Å². The predicted molar refractivity (Wildman–Crippen MR) is 148 cm³/mol. The van der Waals surface area contributed by atoms with Gasteiger partial charge in [0.15, 0.2) is 0 Å². The SMILES string of the molecule is C=Cc1c(C(=C)NC23CCN(CC2)C3)cc(CCCNC(=O)c2cnn(C(C)(C)C)c2)nc1C(=C)C(F)(F)F. The van der Waals surface area contributed by atoms with E-state index in [4.69, 9.17) is 0 Å². The first kappa shape index (κ1) is 28.6. The molecule has 0 radical (unpaired) electrons. The van der Waals surface area contributed by atoms with E-state index in [9.17, 15) is 18.0 Å². The highest BCUT2D eigenvalue weighted by Crippen LogP contribution is 2.38. The lowest BCUT2D eigenvalue weighted by Crippen LogP contribution is -2.43. The highest BCUT2D eigenvalue weighted by molar-refractivity contribution is 5.93. The predicted octanol–water partition coefficient (Wildman–Crippen LogP) is 5.02. The van der Waals surface area contributed by atoms with E-state index >= 15 is 0 Å². The van der Waals surface area contributed by atoms with Crippen LogP contribution in [-0.4, -0.2) is 63.5 Å². The lowest BCUT2D eigenvalue weighted by molar-refractivity contribution is -0.0689. The summed E-state index contributed by atoms with van der Waals surface area (Å²) in [5.74, 6) is -0.258. The largest absolute Gasteiger partial charge is 0.417 e. The molecule has 7 nitrogen and oxygen atoms in total. The smallest absolute Gasteiger partial charge is 0.378 e. The van der Waals surface area contributed by atoms with E-state index in [0.29, 0.717) is 41.9 Å². The van der Waals surface area contributed by atoms with Gasteiger partial charge in [-0.15, -0.1) is 0 Å². The molecule has 2 bridgehead atoms. The van der Waals surface area contributed by atoms with Crippen molar-refractivity contribution in [3.8, 4) is 0 Å². The van der Waals surface area contributed by atoms with Gasteiger partial charge in [-0.05, 0) is 52.5 Å². The van der Waals surface area contributed by atoms with Gasteiger partial charge < -0.3 is 15.5 Å². The van der Waals surface area contributed by atoms with Gasteiger partial charge in [-0.3, -0.25) is 14.5 Å². The number of nitrogens with one attached hydrogen (secondary N) is 2. The number of halogens is 3. The number of amides is 1. The highest BCUT2D eigenvalue weighted by atomic mass is 19.4. The fraction of sp³-hybridized carbons (Fsp3) is 0.483. The Balaban J connectivity index is 1.50. The molecule has 210 valence electrons. The van der Waals surface area contributed by atoms with Gasteiger partial charge in [0.05, 0.1) is 34.1 Å². The number of aromatic nitrogens is 3. The van der Waals surface area contributed by atoms with E-state index in [-0.39, 0.29) is 28.2 Å². The number of fused-ring (bicyclic) bond motifs is 2. The molecule has 0 unspecified atom stereocenters. The third-order valence-electron chi connectivity index (χ3n) is 7.45. The molecule has 2 saturated heterocycles. The molecule has 2 N–H and O–H groups in total. The Morgan fingerprint density at radius 3 is 2.44 bits per heavy atom. The Morgan fingerprint density at radius 2 is 1.90 bits per heavy atom. The molecule has 0 aromatic carbocycles. The summed E-state index contributed by atoms with van der Waals surface area (Å²) in [4.78, 5) is 19.3. The van der Waals surface area contributed by atoms with Gasteiger partial charge in [-0.1, -0.05) is 25.8 Å². The van der Waals surface area contributed by atoms with Gasteiger partial charge >= 0.3 is 6.18 Å². The van der Waals surface area contributed by atoms with Crippen LogP contribution in [0.3, 0.4) is 0 Å². The molecule has 1 amide bonds. The van der Waals surface area contributed by atoms with Crippen LogP contribution >= 0.6 is 0 Å². The number of piperidine rings is 1. The van der Waals surface area contributed by atoms with Crippen molar-refractivity contribution in [3.63, 3.8) is 0 Å². The van der Waals surface area contributed by atoms with E-state index in [0.717, 1.165) is 32.5 Å². The van der Waals surface area contributed by atoms with Crippen molar-refractivity contribution < 1.29 is 18.0 Å². The average Bonchev–Trinajstić information content (AvgIpc) is 3.61. The van der Waals surface area contributed by atoms with E-state index in [1.807, 2.05) is 20.8 Å². The van der Waals surface area contributed by atoms with Gasteiger partial charge in [-0.25, -0.2) is 0 Å². The van der Waals surface area contributed by atoms with Crippen molar-refractivity contribution in [2.75, 3.05) is 26.2 Å². The number of hydrogen-bond acceptors (Lipinski definition) is 5. The van der Waals surface area contributed by atoms with Crippen molar-refractivity contribution in [3.05, 3.63) is 66.3 Å². The monoisotopic (exact) mass is 542 g/mol. The number of alkyl halides is 3. The number of nitrogens with zero attached hydrogens (tertiary/aromatic N) is 4. The van der Waals surface area contributed by atoms with E-state index < -0.39 is 11.7 Å². The summed E-state index contributed by atoms with van der Waals surface area (Å²) in [7, 11) is 0. The zero-order valence-corrected chi connectivity index (χ0v) is 22.9. The maximum Gasteiger partial charge on any atom is 0.417 e. The van der Waals surface area contributed by atoms with Gasteiger partial charge in [0.2, 0.25) is 0 Å². The lowest BCUT2D eigenvalue weighted by Gasteiger charge is -2.30. The molecule has 0 aliphatic carbocycles. The van der Waals surface area contributed by atoms with Crippen LogP contribution in [0.1, 0.15) is 72.9 Å². The molecule has 2 aliphatic rings. The van der Waals surface area contributed by atoms with Crippen molar-refractivity contribution in [2.24, 2.45) is 0 Å². The van der Waals surface area contributed by atoms with Crippen molar-refractivity contribution in [1.29, 1.82) is 0 Å². The Kier molecular flexibility index (Phi) is 7.80. The van der Waals surface area contributed by atoms with Crippen LogP contribution in [0, 0.1) is 0 Å². The molecule has 2 aliphatic heterocycles. The molecule has 2 aromatic rings. The van der Waals surface area contributed by atoms with E-state index in [1.165, 1.54) is 12.3 Å². The summed E-state index contributed by atoms with van der Waals surface area (Å²) in [6.45, 7) is 20.4. The van der Waals surface area contributed by atoms with Gasteiger partial charge in [0.25, 0.3) is 5.91 Å². The number of allylic oxidation sites excluding steroid dienone is 1. The Morgan fingerprint density at radius 1 is 1.21 bits per heavy atom. The Labute approximate surface area is 227 Å². The fourth-order valence-electron chi connectivity index (χ4n) is 5.21. The van der Waals surface area contributed by atoms with Crippen LogP contribution in [0.5, 0.6) is 0 Å². The van der Waals surface area contributed by atoms with Gasteiger partial charge in [0.1, 0.15) is 0 Å². The summed E-state index contributed by atoms with van der Waals surface area (Å²) in [6, 6.07) is 1.77. The topological polar surface area (TPSA) is 75.1 Å². The Bertz CT molecular complexity index is 1280. The third kappa shape index (κ3) is 6.27. The number of hydrogen-bond donors (Lipinski definition) is 2. The van der Waals surface area contributed by atoms with Crippen LogP contribution in [-0.2, 0) is 12.0 Å². The molecule has 0 atom stereocenters. The first-order valence-electron chi connectivity index (χ1n) is 13.2. The second kappa shape index (κ2) is 10.6. The molecule has 0 spiro atoms. The standard InChI is InChI=1S/C29H37F3N6O/c1-7-23-24(20(3)36-28-10-13-37(18-28)14-11-28)15-22(35-25(23)19(2)29(30,31)32)9-8-12-33-26(39)21-16-34-38(17-21)27(4,5)6/h7,15-17,36H,1-3,8-14,18H2,4-6H3,(H,33,39). The maximum atomic E-state index is 13.7. The number of rotatable bonds is 10. The van der Waals surface area contributed by atoms with Gasteiger partial charge in [-0.2, -0.15) is 18.3 Å². The summed E-state index contributed by atoms with van der Waals surface area (Å²) >= 11 is 0. The lowest BCUT2D eigenvalue weighted by atomic mass is 9.92. The second-order valence-electron chi connectivity index (χ2n) is 11.5. The van der Waals surface area contributed by atoms with Gasteiger partial charge in [0, 0.05) is 54.9 Å². The first-order chi connectivity index (χ1) is 18.2. The minimum Gasteiger partial charge on any atom is -0.378 e. The Hall–Kier alpha value is -3.40. The third-order valence-corrected chi connectivity index (χ3v) is 7.45. The summed E-state index contributed by atoms with van der Waals surface area (Å²) in [6.07, 6.45) is 2.72. The average molecular weight is 543 g/mol. The zero-order valence-electron chi connectivity index (χ0n) is 22.9. The highest BCUT2D eigenvalue weighted by Gasteiger charge is 2.44. The number of carbonyl (C=O) groups is 1. The van der Waals surface area contributed by atoms with Crippen LogP contribution in [0.15, 0.2) is 38.2 Å².